The fourth-order valence-corrected chi connectivity index (χ4v) is 3.64. The van der Waals surface area contributed by atoms with Crippen molar-refractivity contribution in [2.24, 2.45) is 10.7 Å². The number of aliphatic imine (C=N–C) groups is 1. The largest absolute Gasteiger partial charge is 0.370 e. The predicted octanol–water partition coefficient (Wildman–Crippen LogP) is 3.29. The number of imidazole rings is 1. The SMILES string of the molecule is NC(=NCCCc1nc2ccccc2[nH]1)N1CCN(c2ccc(Cl)cc2)CC1. The first-order chi connectivity index (χ1) is 13.7. The van der Waals surface area contributed by atoms with Crippen molar-refractivity contribution in [2.75, 3.05) is 37.6 Å². The molecule has 3 aromatic rings. The van der Waals surface area contributed by atoms with E-state index in [4.69, 9.17) is 17.3 Å². The molecule has 6 nitrogen and oxygen atoms in total. The Balaban J connectivity index is 1.24. The zero-order chi connectivity index (χ0) is 19.3. The Labute approximate surface area is 170 Å². The molecular weight excluding hydrogens is 372 g/mol. The normalized spacial score (nSPS) is 15.4. The van der Waals surface area contributed by atoms with Crippen molar-refractivity contribution < 1.29 is 0 Å². The molecule has 1 saturated heterocycles. The third kappa shape index (κ3) is 4.39. The third-order valence-corrected chi connectivity index (χ3v) is 5.33. The molecule has 2 aromatic carbocycles. The van der Waals surface area contributed by atoms with Crippen LogP contribution in [0.2, 0.25) is 5.02 Å². The molecule has 7 heteroatoms. The predicted molar refractivity (Wildman–Crippen MR) is 116 cm³/mol. The highest BCUT2D eigenvalue weighted by Gasteiger charge is 2.18. The number of guanidine groups is 1. The fourth-order valence-electron chi connectivity index (χ4n) is 3.51. The number of aromatic nitrogens is 2. The highest BCUT2D eigenvalue weighted by atomic mass is 35.5. The number of benzene rings is 2. The third-order valence-electron chi connectivity index (χ3n) is 5.08. The maximum absolute atomic E-state index is 6.21. The lowest BCUT2D eigenvalue weighted by Crippen LogP contribution is -2.51. The first-order valence-corrected chi connectivity index (χ1v) is 10.1. The van der Waals surface area contributed by atoms with Gasteiger partial charge in [0, 0.05) is 49.9 Å². The van der Waals surface area contributed by atoms with Gasteiger partial charge in [0.15, 0.2) is 5.96 Å². The zero-order valence-corrected chi connectivity index (χ0v) is 16.6. The molecule has 1 fully saturated rings. The Morgan fingerprint density at radius 1 is 1.07 bits per heavy atom. The van der Waals surface area contributed by atoms with E-state index in [-0.39, 0.29) is 0 Å². The number of hydrogen-bond donors (Lipinski definition) is 2. The number of nitrogens with zero attached hydrogens (tertiary/aromatic N) is 4. The van der Waals surface area contributed by atoms with Gasteiger partial charge in [0.05, 0.1) is 11.0 Å². The smallest absolute Gasteiger partial charge is 0.191 e. The molecular formula is C21H25ClN6. The number of aryl methyl sites for hydroxylation is 1. The Morgan fingerprint density at radius 2 is 1.82 bits per heavy atom. The van der Waals surface area contributed by atoms with Crippen LogP contribution in [0.25, 0.3) is 11.0 Å². The Kier molecular flexibility index (Phi) is 5.67. The molecule has 3 N–H and O–H groups in total. The molecule has 0 spiro atoms. The number of hydrogen-bond acceptors (Lipinski definition) is 3. The summed E-state index contributed by atoms with van der Waals surface area (Å²) in [6, 6.07) is 16.1. The molecule has 28 heavy (non-hydrogen) atoms. The molecule has 0 atom stereocenters. The summed E-state index contributed by atoms with van der Waals surface area (Å²) in [5.74, 6) is 1.65. The molecule has 1 aromatic heterocycles. The number of rotatable bonds is 5. The number of nitrogens with one attached hydrogen (secondary N) is 1. The topological polar surface area (TPSA) is 73.5 Å². The Hall–Kier alpha value is -2.73. The van der Waals surface area contributed by atoms with Crippen molar-refractivity contribution in [3.8, 4) is 0 Å². The minimum atomic E-state index is 0.639. The van der Waals surface area contributed by atoms with Crippen molar-refractivity contribution in [1.29, 1.82) is 0 Å². The second-order valence-electron chi connectivity index (χ2n) is 6.99. The van der Waals surface area contributed by atoms with Gasteiger partial charge < -0.3 is 20.5 Å². The quantitative estimate of drug-likeness (QED) is 0.394. The van der Waals surface area contributed by atoms with E-state index in [1.165, 1.54) is 5.69 Å². The molecule has 1 aliphatic rings. The van der Waals surface area contributed by atoms with Crippen LogP contribution in [0.4, 0.5) is 5.69 Å². The lowest BCUT2D eigenvalue weighted by Gasteiger charge is -2.36. The maximum atomic E-state index is 6.21. The summed E-state index contributed by atoms with van der Waals surface area (Å²) in [6.07, 6.45) is 1.79. The lowest BCUT2D eigenvalue weighted by atomic mass is 10.2. The van der Waals surface area contributed by atoms with Crippen LogP contribution in [-0.2, 0) is 6.42 Å². The monoisotopic (exact) mass is 396 g/mol. The van der Waals surface area contributed by atoms with Crippen molar-refractivity contribution in [3.05, 3.63) is 59.4 Å². The van der Waals surface area contributed by atoms with Crippen molar-refractivity contribution >= 4 is 34.3 Å². The average Bonchev–Trinajstić information content (AvgIpc) is 3.15. The van der Waals surface area contributed by atoms with Gasteiger partial charge in [-0.25, -0.2) is 4.98 Å². The van der Waals surface area contributed by atoms with Crippen molar-refractivity contribution in [3.63, 3.8) is 0 Å². The standard InChI is InChI=1S/C21H25ClN6/c22-16-7-9-17(10-8-16)27-12-14-28(15-13-27)21(23)24-11-3-6-20-25-18-4-1-2-5-19(18)26-20/h1-2,4-5,7-10H,3,6,11-15H2,(H2,23,24)(H,25,26). The molecule has 0 unspecified atom stereocenters. The minimum absolute atomic E-state index is 0.639. The van der Waals surface area contributed by atoms with E-state index in [9.17, 15) is 0 Å². The van der Waals surface area contributed by atoms with E-state index in [1.54, 1.807) is 0 Å². The van der Waals surface area contributed by atoms with E-state index >= 15 is 0 Å². The fraction of sp³-hybridized carbons (Fsp3) is 0.333. The summed E-state index contributed by atoms with van der Waals surface area (Å²) in [6.45, 7) is 4.32. The van der Waals surface area contributed by atoms with Gasteiger partial charge in [-0.1, -0.05) is 23.7 Å². The minimum Gasteiger partial charge on any atom is -0.370 e. The molecule has 2 heterocycles. The molecule has 4 rings (SSSR count). The van der Waals surface area contributed by atoms with Gasteiger partial charge >= 0.3 is 0 Å². The maximum Gasteiger partial charge on any atom is 0.191 e. The van der Waals surface area contributed by atoms with E-state index < -0.39 is 0 Å². The van der Waals surface area contributed by atoms with Gasteiger partial charge in [-0.2, -0.15) is 0 Å². The van der Waals surface area contributed by atoms with Crippen LogP contribution < -0.4 is 10.6 Å². The summed E-state index contributed by atoms with van der Waals surface area (Å²) >= 11 is 5.97. The summed E-state index contributed by atoms with van der Waals surface area (Å²) < 4.78 is 0. The van der Waals surface area contributed by atoms with Crippen molar-refractivity contribution in [2.45, 2.75) is 12.8 Å². The van der Waals surface area contributed by atoms with Gasteiger partial charge in [0.2, 0.25) is 0 Å². The first kappa shape index (κ1) is 18.6. The molecule has 0 amide bonds. The van der Waals surface area contributed by atoms with Crippen LogP contribution in [0.1, 0.15) is 12.2 Å². The van der Waals surface area contributed by atoms with Crippen LogP contribution in [0, 0.1) is 0 Å². The van der Waals surface area contributed by atoms with Crippen LogP contribution in [0.15, 0.2) is 53.5 Å². The van der Waals surface area contributed by atoms with Crippen LogP contribution in [0.5, 0.6) is 0 Å². The highest BCUT2D eigenvalue weighted by molar-refractivity contribution is 6.30. The second kappa shape index (κ2) is 8.52. The zero-order valence-electron chi connectivity index (χ0n) is 15.8. The van der Waals surface area contributed by atoms with Crippen molar-refractivity contribution in [1.82, 2.24) is 14.9 Å². The van der Waals surface area contributed by atoms with Gasteiger partial charge in [0.1, 0.15) is 5.82 Å². The van der Waals surface area contributed by atoms with E-state index in [1.807, 2.05) is 36.4 Å². The highest BCUT2D eigenvalue weighted by Crippen LogP contribution is 2.19. The molecule has 0 radical (unpaired) electrons. The van der Waals surface area contributed by atoms with Gasteiger partial charge in [-0.15, -0.1) is 0 Å². The molecule has 146 valence electrons. The van der Waals surface area contributed by atoms with E-state index in [0.717, 1.165) is 60.9 Å². The summed E-state index contributed by atoms with van der Waals surface area (Å²) in [5, 5.41) is 0.765. The van der Waals surface area contributed by atoms with Crippen LogP contribution in [-0.4, -0.2) is 53.6 Å². The number of halogens is 1. The van der Waals surface area contributed by atoms with Crippen LogP contribution in [0.3, 0.4) is 0 Å². The summed E-state index contributed by atoms with van der Waals surface area (Å²) in [4.78, 5) is 17.0. The number of para-hydroxylation sites is 2. The molecule has 1 aliphatic heterocycles. The average molecular weight is 397 g/mol. The van der Waals surface area contributed by atoms with Gasteiger partial charge in [0.25, 0.3) is 0 Å². The number of H-pyrrole nitrogens is 1. The van der Waals surface area contributed by atoms with E-state index in [0.29, 0.717) is 12.5 Å². The van der Waals surface area contributed by atoms with Gasteiger partial charge in [-0.05, 0) is 42.8 Å². The molecule has 0 bridgehead atoms. The number of fused-ring (bicyclic) bond motifs is 1. The Morgan fingerprint density at radius 3 is 2.57 bits per heavy atom. The molecule has 0 saturated carbocycles. The summed E-state index contributed by atoms with van der Waals surface area (Å²) in [5.41, 5.74) is 9.50. The number of piperazine rings is 1. The first-order valence-electron chi connectivity index (χ1n) is 9.68. The number of anilines is 1. The summed E-state index contributed by atoms with van der Waals surface area (Å²) in [7, 11) is 0. The molecule has 0 aliphatic carbocycles. The van der Waals surface area contributed by atoms with Crippen LogP contribution >= 0.6 is 11.6 Å². The second-order valence-corrected chi connectivity index (χ2v) is 7.43. The Bertz CT molecular complexity index is 908. The number of nitrogens with two attached hydrogens (primary N) is 1. The lowest BCUT2D eigenvalue weighted by molar-refractivity contribution is 0.380. The van der Waals surface area contributed by atoms with E-state index in [2.05, 4.69) is 36.9 Å². The van der Waals surface area contributed by atoms with Gasteiger partial charge in [-0.3, -0.25) is 4.99 Å². The number of aromatic amines is 1.